The van der Waals surface area contributed by atoms with E-state index < -0.39 is 0 Å². The van der Waals surface area contributed by atoms with Crippen LogP contribution >= 0.6 is 11.3 Å². The lowest BCUT2D eigenvalue weighted by Gasteiger charge is -1.95. The summed E-state index contributed by atoms with van der Waals surface area (Å²) < 4.78 is 0. The number of nitrogens with zero attached hydrogens (tertiary/aromatic N) is 2. The van der Waals surface area contributed by atoms with Crippen LogP contribution in [-0.4, -0.2) is 15.0 Å². The molecule has 0 aliphatic carbocycles. The van der Waals surface area contributed by atoms with Gasteiger partial charge in [0.2, 0.25) is 0 Å². The normalized spacial score (nSPS) is 11.0. The highest BCUT2D eigenvalue weighted by atomic mass is 32.1. The topological polar surface area (TPSA) is 41.6 Å². The zero-order valence-electron chi connectivity index (χ0n) is 10.6. The van der Waals surface area contributed by atoms with Crippen LogP contribution in [0.25, 0.3) is 32.7 Å². The maximum absolute atomic E-state index is 4.74. The lowest BCUT2D eigenvalue weighted by atomic mass is 10.2. The fraction of sp³-hybridized carbons (Fsp3) is 0. The summed E-state index contributed by atoms with van der Waals surface area (Å²) in [6.45, 7) is 0. The van der Waals surface area contributed by atoms with Gasteiger partial charge in [-0.05, 0) is 18.2 Å². The molecule has 3 nitrogen and oxygen atoms in total. The van der Waals surface area contributed by atoms with Crippen molar-refractivity contribution in [2.45, 2.75) is 0 Å². The number of hydrogen-bond acceptors (Lipinski definition) is 3. The second-order valence-corrected chi connectivity index (χ2v) is 5.38. The van der Waals surface area contributed by atoms with Gasteiger partial charge in [0.1, 0.15) is 5.01 Å². The number of rotatable bonds is 2. The molecule has 0 spiro atoms. The first kappa shape index (κ1) is 11.4. The number of aromatic amines is 1. The molecule has 0 amide bonds. The SMILES string of the molecule is c1ccc2c(-c3nc(-c4ccncc4)cs3)c[nH]c2c1. The molecule has 0 radical (unpaired) electrons. The van der Waals surface area contributed by atoms with Gasteiger partial charge in [0.05, 0.1) is 5.69 Å². The standard InChI is InChI=1S/C16H11N3S/c1-2-4-14-12(3-1)13(9-18-14)16-19-15(10-20-16)11-5-7-17-8-6-11/h1-10,18H. The summed E-state index contributed by atoms with van der Waals surface area (Å²) in [6.07, 6.45) is 5.61. The third kappa shape index (κ3) is 1.82. The molecule has 20 heavy (non-hydrogen) atoms. The molecule has 3 aromatic heterocycles. The summed E-state index contributed by atoms with van der Waals surface area (Å²) in [7, 11) is 0. The zero-order chi connectivity index (χ0) is 13.4. The van der Waals surface area contributed by atoms with E-state index in [-0.39, 0.29) is 0 Å². The van der Waals surface area contributed by atoms with E-state index in [9.17, 15) is 0 Å². The molecule has 0 unspecified atom stereocenters. The van der Waals surface area contributed by atoms with Gasteiger partial charge >= 0.3 is 0 Å². The summed E-state index contributed by atoms with van der Waals surface area (Å²) in [5.74, 6) is 0. The van der Waals surface area contributed by atoms with E-state index in [0.717, 1.165) is 27.3 Å². The van der Waals surface area contributed by atoms with Gasteiger partial charge in [-0.1, -0.05) is 18.2 Å². The van der Waals surface area contributed by atoms with E-state index in [1.165, 1.54) is 5.39 Å². The molecule has 0 saturated carbocycles. The van der Waals surface area contributed by atoms with Gasteiger partial charge in [0, 0.05) is 46.0 Å². The third-order valence-corrected chi connectivity index (χ3v) is 4.18. The first-order chi connectivity index (χ1) is 9.92. The van der Waals surface area contributed by atoms with Crippen molar-refractivity contribution < 1.29 is 0 Å². The molecule has 0 saturated heterocycles. The van der Waals surface area contributed by atoms with Crippen LogP contribution in [0.15, 0.2) is 60.4 Å². The molecule has 0 bridgehead atoms. The van der Waals surface area contributed by atoms with Crippen LogP contribution in [0.4, 0.5) is 0 Å². The summed E-state index contributed by atoms with van der Waals surface area (Å²) in [4.78, 5) is 12.1. The van der Waals surface area contributed by atoms with Crippen LogP contribution in [0.3, 0.4) is 0 Å². The molecule has 0 atom stereocenters. The third-order valence-electron chi connectivity index (χ3n) is 3.30. The Labute approximate surface area is 120 Å². The molecule has 0 aliphatic heterocycles. The molecule has 4 aromatic rings. The van der Waals surface area contributed by atoms with Gasteiger partial charge in [-0.3, -0.25) is 4.98 Å². The Balaban J connectivity index is 1.82. The lowest BCUT2D eigenvalue weighted by Crippen LogP contribution is -1.79. The van der Waals surface area contributed by atoms with Crippen molar-refractivity contribution in [2.75, 3.05) is 0 Å². The van der Waals surface area contributed by atoms with Crippen molar-refractivity contribution in [1.82, 2.24) is 15.0 Å². The molecule has 1 aromatic carbocycles. The molecule has 96 valence electrons. The molecule has 4 heteroatoms. The predicted molar refractivity (Wildman–Crippen MR) is 82.6 cm³/mol. The van der Waals surface area contributed by atoms with Crippen LogP contribution in [0.5, 0.6) is 0 Å². The Morgan fingerprint density at radius 2 is 1.85 bits per heavy atom. The summed E-state index contributed by atoms with van der Waals surface area (Å²) >= 11 is 1.67. The second kappa shape index (κ2) is 4.58. The highest BCUT2D eigenvalue weighted by Crippen LogP contribution is 2.33. The number of benzene rings is 1. The molecule has 0 fully saturated rings. The molecular weight excluding hydrogens is 266 g/mol. The Morgan fingerprint density at radius 3 is 2.75 bits per heavy atom. The van der Waals surface area contributed by atoms with Crippen molar-refractivity contribution in [2.24, 2.45) is 0 Å². The number of hydrogen-bond donors (Lipinski definition) is 1. The molecule has 3 heterocycles. The second-order valence-electron chi connectivity index (χ2n) is 4.52. The van der Waals surface area contributed by atoms with Gasteiger partial charge in [-0.2, -0.15) is 0 Å². The Kier molecular flexibility index (Phi) is 2.60. The average Bonchev–Trinajstić information content (AvgIpc) is 3.14. The summed E-state index contributed by atoms with van der Waals surface area (Å²) in [6, 6.07) is 12.2. The smallest absolute Gasteiger partial charge is 0.126 e. The van der Waals surface area contributed by atoms with Crippen LogP contribution in [0.1, 0.15) is 0 Å². The first-order valence-electron chi connectivity index (χ1n) is 6.34. The highest BCUT2D eigenvalue weighted by Gasteiger charge is 2.10. The van der Waals surface area contributed by atoms with Crippen molar-refractivity contribution >= 4 is 22.2 Å². The first-order valence-corrected chi connectivity index (χ1v) is 7.22. The van der Waals surface area contributed by atoms with E-state index in [2.05, 4.69) is 33.5 Å². The van der Waals surface area contributed by atoms with Gasteiger partial charge in [0.15, 0.2) is 0 Å². The van der Waals surface area contributed by atoms with Crippen molar-refractivity contribution in [3.63, 3.8) is 0 Å². The predicted octanol–water partition coefficient (Wildman–Crippen LogP) is 4.35. The monoisotopic (exact) mass is 277 g/mol. The number of nitrogens with one attached hydrogen (secondary N) is 1. The van der Waals surface area contributed by atoms with Crippen LogP contribution in [0, 0.1) is 0 Å². The van der Waals surface area contributed by atoms with E-state index in [0.29, 0.717) is 0 Å². The van der Waals surface area contributed by atoms with E-state index in [1.807, 2.05) is 24.4 Å². The van der Waals surface area contributed by atoms with Crippen molar-refractivity contribution in [3.05, 3.63) is 60.4 Å². The van der Waals surface area contributed by atoms with Crippen LogP contribution in [0.2, 0.25) is 0 Å². The molecule has 4 rings (SSSR count). The number of H-pyrrole nitrogens is 1. The minimum absolute atomic E-state index is 0.998. The Bertz CT molecular complexity index is 861. The van der Waals surface area contributed by atoms with Gasteiger partial charge in [0.25, 0.3) is 0 Å². The lowest BCUT2D eigenvalue weighted by molar-refractivity contribution is 1.31. The number of thiazole rings is 1. The van der Waals surface area contributed by atoms with Crippen molar-refractivity contribution in [3.8, 4) is 21.8 Å². The fourth-order valence-corrected chi connectivity index (χ4v) is 3.16. The zero-order valence-corrected chi connectivity index (χ0v) is 11.4. The van der Waals surface area contributed by atoms with E-state index in [4.69, 9.17) is 4.98 Å². The quantitative estimate of drug-likeness (QED) is 0.591. The Hall–Kier alpha value is -2.46. The average molecular weight is 277 g/mol. The Morgan fingerprint density at radius 1 is 1.00 bits per heavy atom. The maximum Gasteiger partial charge on any atom is 0.126 e. The number of pyridine rings is 1. The van der Waals surface area contributed by atoms with Crippen LogP contribution in [-0.2, 0) is 0 Å². The fourth-order valence-electron chi connectivity index (χ4n) is 2.30. The van der Waals surface area contributed by atoms with Gasteiger partial charge in [-0.25, -0.2) is 4.98 Å². The minimum Gasteiger partial charge on any atom is -0.360 e. The van der Waals surface area contributed by atoms with Gasteiger partial charge < -0.3 is 4.98 Å². The number of para-hydroxylation sites is 1. The number of fused-ring (bicyclic) bond motifs is 1. The largest absolute Gasteiger partial charge is 0.360 e. The summed E-state index contributed by atoms with van der Waals surface area (Å²) in [5, 5.41) is 4.34. The maximum atomic E-state index is 4.74. The van der Waals surface area contributed by atoms with Crippen molar-refractivity contribution in [1.29, 1.82) is 0 Å². The number of aromatic nitrogens is 3. The van der Waals surface area contributed by atoms with Crippen LogP contribution < -0.4 is 0 Å². The molecule has 1 N–H and O–H groups in total. The van der Waals surface area contributed by atoms with E-state index >= 15 is 0 Å². The minimum atomic E-state index is 0.998. The molecule has 0 aliphatic rings. The molecular formula is C16H11N3S. The van der Waals surface area contributed by atoms with Gasteiger partial charge in [-0.15, -0.1) is 11.3 Å². The van der Waals surface area contributed by atoms with E-state index in [1.54, 1.807) is 23.7 Å². The highest BCUT2D eigenvalue weighted by molar-refractivity contribution is 7.13. The summed E-state index contributed by atoms with van der Waals surface area (Å²) in [5.41, 5.74) is 4.40.